The van der Waals surface area contributed by atoms with Crippen molar-refractivity contribution in [2.75, 3.05) is 25.1 Å². The van der Waals surface area contributed by atoms with E-state index < -0.39 is 18.3 Å². The number of methoxy groups -OCH3 is 1. The number of ether oxygens (including phenoxy) is 2. The van der Waals surface area contributed by atoms with Crippen molar-refractivity contribution in [3.63, 3.8) is 0 Å². The van der Waals surface area contributed by atoms with Gasteiger partial charge in [-0.2, -0.15) is 5.10 Å². The van der Waals surface area contributed by atoms with Gasteiger partial charge in [0.25, 0.3) is 0 Å². The normalized spacial score (nSPS) is 18.6. The summed E-state index contributed by atoms with van der Waals surface area (Å²) in [7, 11) is 1.29. The number of aromatic nitrogens is 2. The molecular formula is C18H20N4O4. The largest absolute Gasteiger partial charge is 0.453 e. The molecule has 2 amide bonds. The van der Waals surface area contributed by atoms with Crippen LogP contribution in [0, 0.1) is 0 Å². The van der Waals surface area contributed by atoms with Gasteiger partial charge in [-0.25, -0.2) is 9.59 Å². The van der Waals surface area contributed by atoms with Gasteiger partial charge in [-0.15, -0.1) is 0 Å². The Balaban J connectivity index is 1.53. The summed E-state index contributed by atoms with van der Waals surface area (Å²) >= 11 is 0. The maximum atomic E-state index is 12.2. The van der Waals surface area contributed by atoms with Gasteiger partial charge in [0.15, 0.2) is 0 Å². The SMILES string of the molecule is COC(=O)NC[C@H]1CN(c2ccc3c(c2)CCCc2cn[nH]c2-3)C(=O)O1. The molecule has 1 aliphatic carbocycles. The zero-order chi connectivity index (χ0) is 18.1. The number of rotatable bonds is 3. The number of fused-ring (bicyclic) bond motifs is 3. The number of anilines is 1. The van der Waals surface area contributed by atoms with Crippen molar-refractivity contribution >= 4 is 17.9 Å². The fraction of sp³-hybridized carbons (Fsp3) is 0.389. The quantitative estimate of drug-likeness (QED) is 0.879. The molecule has 0 unspecified atom stereocenters. The van der Waals surface area contributed by atoms with Crippen LogP contribution in [0.2, 0.25) is 0 Å². The van der Waals surface area contributed by atoms with Crippen LogP contribution in [-0.4, -0.2) is 48.7 Å². The third-order valence-corrected chi connectivity index (χ3v) is 4.81. The third-order valence-electron chi connectivity index (χ3n) is 4.81. The van der Waals surface area contributed by atoms with E-state index in [4.69, 9.17) is 4.74 Å². The van der Waals surface area contributed by atoms with Crippen molar-refractivity contribution in [3.05, 3.63) is 35.5 Å². The van der Waals surface area contributed by atoms with Crippen molar-refractivity contribution in [1.29, 1.82) is 0 Å². The predicted octanol–water partition coefficient (Wildman–Crippen LogP) is 2.25. The van der Waals surface area contributed by atoms with E-state index in [9.17, 15) is 9.59 Å². The van der Waals surface area contributed by atoms with E-state index in [-0.39, 0.29) is 6.54 Å². The Kier molecular flexibility index (Phi) is 4.24. The van der Waals surface area contributed by atoms with E-state index in [2.05, 4.69) is 20.3 Å². The lowest BCUT2D eigenvalue weighted by Crippen LogP contribution is -2.34. The van der Waals surface area contributed by atoms with Gasteiger partial charge in [-0.05, 0) is 42.5 Å². The number of nitrogens with zero attached hydrogens (tertiary/aromatic N) is 2. The summed E-state index contributed by atoms with van der Waals surface area (Å²) in [6, 6.07) is 6.00. The van der Waals surface area contributed by atoms with Crippen LogP contribution in [0.15, 0.2) is 24.4 Å². The molecule has 8 heteroatoms. The fourth-order valence-corrected chi connectivity index (χ4v) is 3.51. The molecule has 1 atom stereocenters. The van der Waals surface area contributed by atoms with Crippen molar-refractivity contribution in [2.45, 2.75) is 25.4 Å². The van der Waals surface area contributed by atoms with E-state index in [0.717, 1.165) is 36.2 Å². The van der Waals surface area contributed by atoms with Crippen LogP contribution >= 0.6 is 0 Å². The zero-order valence-corrected chi connectivity index (χ0v) is 14.4. The topological polar surface area (TPSA) is 96.5 Å². The molecule has 4 rings (SSSR count). The Labute approximate surface area is 150 Å². The van der Waals surface area contributed by atoms with Crippen LogP contribution in [0.25, 0.3) is 11.3 Å². The Morgan fingerprint density at radius 1 is 1.42 bits per heavy atom. The number of aryl methyl sites for hydroxylation is 2. The molecular weight excluding hydrogens is 336 g/mol. The molecule has 1 aromatic heterocycles. The second-order valence-corrected chi connectivity index (χ2v) is 6.45. The van der Waals surface area contributed by atoms with E-state index in [0.29, 0.717) is 6.54 Å². The van der Waals surface area contributed by atoms with Crippen LogP contribution in [0.3, 0.4) is 0 Å². The molecule has 26 heavy (non-hydrogen) atoms. The van der Waals surface area contributed by atoms with E-state index >= 15 is 0 Å². The van der Waals surface area contributed by atoms with Gasteiger partial charge in [-0.3, -0.25) is 10.00 Å². The Morgan fingerprint density at radius 3 is 3.12 bits per heavy atom. The average Bonchev–Trinajstić information content (AvgIpc) is 3.22. The van der Waals surface area contributed by atoms with Gasteiger partial charge in [0.05, 0.1) is 32.1 Å². The lowest BCUT2D eigenvalue weighted by atomic mass is 10.0. The number of hydrogen-bond acceptors (Lipinski definition) is 5. The molecule has 0 spiro atoms. The number of aromatic amines is 1. The smallest absolute Gasteiger partial charge is 0.414 e. The molecule has 1 saturated heterocycles. The number of cyclic esters (lactones) is 1. The summed E-state index contributed by atoms with van der Waals surface area (Å²) in [4.78, 5) is 25.0. The summed E-state index contributed by atoms with van der Waals surface area (Å²) < 4.78 is 9.87. The first-order chi connectivity index (χ1) is 12.7. The van der Waals surface area contributed by atoms with Crippen LogP contribution < -0.4 is 10.2 Å². The Morgan fingerprint density at radius 2 is 2.27 bits per heavy atom. The maximum Gasteiger partial charge on any atom is 0.414 e. The van der Waals surface area contributed by atoms with Gasteiger partial charge in [-0.1, -0.05) is 6.07 Å². The lowest BCUT2D eigenvalue weighted by molar-refractivity contribution is 0.132. The van der Waals surface area contributed by atoms with Crippen molar-refractivity contribution in [2.24, 2.45) is 0 Å². The van der Waals surface area contributed by atoms with E-state index in [1.807, 2.05) is 24.4 Å². The first-order valence-corrected chi connectivity index (χ1v) is 8.61. The first-order valence-electron chi connectivity index (χ1n) is 8.61. The standard InChI is InChI=1S/C18H20N4O4/c1-25-17(23)19-9-14-10-22(18(24)26-14)13-5-6-15-11(7-13)3-2-4-12-8-20-21-16(12)15/h5-8,14H,2-4,9-10H2,1H3,(H,19,23)(H,20,21)/t14-/m0/s1. The molecule has 1 aliphatic heterocycles. The van der Waals surface area contributed by atoms with Gasteiger partial charge in [0.1, 0.15) is 6.10 Å². The number of H-pyrrole nitrogens is 1. The number of amides is 2. The van der Waals surface area contributed by atoms with Gasteiger partial charge in [0.2, 0.25) is 0 Å². The minimum atomic E-state index is -0.542. The molecule has 0 radical (unpaired) electrons. The van der Waals surface area contributed by atoms with E-state index in [1.54, 1.807) is 4.90 Å². The predicted molar refractivity (Wildman–Crippen MR) is 94.1 cm³/mol. The third kappa shape index (κ3) is 2.98. The molecule has 136 valence electrons. The van der Waals surface area contributed by atoms with Crippen LogP contribution in [0.4, 0.5) is 15.3 Å². The second-order valence-electron chi connectivity index (χ2n) is 6.45. The van der Waals surface area contributed by atoms with Gasteiger partial charge < -0.3 is 14.8 Å². The minimum absolute atomic E-state index is 0.220. The number of alkyl carbamates (subject to hydrolysis) is 1. The highest BCUT2D eigenvalue weighted by Gasteiger charge is 2.33. The summed E-state index contributed by atoms with van der Waals surface area (Å²) in [5.74, 6) is 0. The lowest BCUT2D eigenvalue weighted by Gasteiger charge is -2.16. The summed E-state index contributed by atoms with van der Waals surface area (Å²) in [6.07, 6.45) is 3.51. The maximum absolute atomic E-state index is 12.2. The highest BCUT2D eigenvalue weighted by molar-refractivity contribution is 5.90. The monoisotopic (exact) mass is 356 g/mol. The Bertz CT molecular complexity index is 847. The molecule has 0 bridgehead atoms. The van der Waals surface area contributed by atoms with Crippen LogP contribution in [0.5, 0.6) is 0 Å². The molecule has 2 aromatic rings. The molecule has 1 fully saturated rings. The first kappa shape index (κ1) is 16.4. The fourth-order valence-electron chi connectivity index (χ4n) is 3.51. The van der Waals surface area contributed by atoms with Crippen molar-refractivity contribution in [3.8, 4) is 11.3 Å². The van der Waals surface area contributed by atoms with Gasteiger partial charge in [0, 0.05) is 11.3 Å². The minimum Gasteiger partial charge on any atom is -0.453 e. The zero-order valence-electron chi connectivity index (χ0n) is 14.4. The van der Waals surface area contributed by atoms with E-state index in [1.165, 1.54) is 18.2 Å². The van der Waals surface area contributed by atoms with Crippen molar-refractivity contribution in [1.82, 2.24) is 15.5 Å². The number of hydrogen-bond donors (Lipinski definition) is 2. The molecule has 2 N–H and O–H groups in total. The Hall–Kier alpha value is -3.03. The summed E-state index contributed by atoms with van der Waals surface area (Å²) in [6.45, 7) is 0.605. The van der Waals surface area contributed by atoms with Crippen molar-refractivity contribution < 1.29 is 19.1 Å². The number of nitrogens with one attached hydrogen (secondary N) is 2. The van der Waals surface area contributed by atoms with Crippen LogP contribution in [-0.2, 0) is 22.3 Å². The van der Waals surface area contributed by atoms with Gasteiger partial charge >= 0.3 is 12.2 Å². The molecule has 0 saturated carbocycles. The second kappa shape index (κ2) is 6.70. The number of carbonyl (C=O) groups is 2. The molecule has 1 aromatic carbocycles. The molecule has 2 aliphatic rings. The number of benzene rings is 1. The number of carbonyl (C=O) groups excluding carboxylic acids is 2. The molecule has 8 nitrogen and oxygen atoms in total. The molecule has 2 heterocycles. The summed E-state index contributed by atoms with van der Waals surface area (Å²) in [5, 5.41) is 9.79. The highest BCUT2D eigenvalue weighted by atomic mass is 16.6. The average molecular weight is 356 g/mol. The summed E-state index contributed by atoms with van der Waals surface area (Å²) in [5.41, 5.74) is 5.42. The highest BCUT2D eigenvalue weighted by Crippen LogP contribution is 2.34. The van der Waals surface area contributed by atoms with Crippen LogP contribution in [0.1, 0.15) is 17.5 Å².